The molecule has 2 heterocycles. The Balaban J connectivity index is 0.000000234. The highest BCUT2D eigenvalue weighted by atomic mass is 16.5. The molecule has 0 saturated carbocycles. The summed E-state index contributed by atoms with van der Waals surface area (Å²) in [6.07, 6.45) is 13.1. The van der Waals surface area contributed by atoms with Crippen molar-refractivity contribution in [3.8, 4) is 53.0 Å². The molecular formula is C85H85N7O6-2. The number of carbonyl (C=O) groups is 1. The number of aromatic hydroxyl groups is 3. The van der Waals surface area contributed by atoms with E-state index in [9.17, 15) is 15.0 Å². The fourth-order valence-electron chi connectivity index (χ4n) is 11.7. The average molecular weight is 1300 g/mol. The van der Waals surface area contributed by atoms with Gasteiger partial charge in [-0.1, -0.05) is 129 Å². The maximum absolute atomic E-state index is 10.7. The van der Waals surface area contributed by atoms with Crippen molar-refractivity contribution in [3.63, 3.8) is 0 Å². The molecule has 13 heteroatoms. The molecule has 2 aliphatic carbocycles. The summed E-state index contributed by atoms with van der Waals surface area (Å²) in [7, 11) is 7.98. The van der Waals surface area contributed by atoms with Crippen molar-refractivity contribution in [1.82, 2.24) is 4.90 Å². The standard InChI is InChI=1S/C23H22N2O2.C23H22N2O.C21H16N2O.C8H5NO.C7H8O.CH4.2CH3.H2/c1-15-4-10-19(21(26)12-15)23(17-7-5-16(14-24)6-8-17)20-11-9-18(25(2)3)13-22(20)27;1-15-4-10-19-21(12-15)26-22-13-18(25(2)3)9-11-20(22)23(19)17-7-5-16(14-24)6-8-17;1-13-2-8-17-19(10-13)24-20-11-16(23)7-9-18(20)21(17)15-5-3-14(12-22)4-6-15;9-5-7-1-3-8(6-10)4-2-7;1-6-3-2-4-7(8)5-6;;;;/h4-13,23,26-27H,1-3H3;4-13,18,20,23H,1-3H3;2-11,18,21,23H,1H3;1-4,6H;2-5,8H,1H3;1H4;2*1H3;1H/q;;;;;;2*-1;/i;;;;;;;;1+1D. The Kier molecular flexibility index (Phi) is 25.8. The third-order valence-electron chi connectivity index (χ3n) is 16.8. The van der Waals surface area contributed by atoms with Gasteiger partial charge in [-0.3, -0.25) is 9.69 Å². The first kappa shape index (κ1) is 73.4. The Morgan fingerprint density at radius 2 is 0.980 bits per heavy atom. The van der Waals surface area contributed by atoms with Crippen LogP contribution in [0.2, 0.25) is 0 Å². The molecule has 2 aliphatic heterocycles. The van der Waals surface area contributed by atoms with E-state index in [2.05, 4.69) is 105 Å². The van der Waals surface area contributed by atoms with Gasteiger partial charge in [-0.05, 0) is 178 Å². The van der Waals surface area contributed by atoms with Crippen molar-refractivity contribution in [1.29, 1.82) is 26.5 Å². The molecule has 6 unspecified atom stereocenters. The Morgan fingerprint density at radius 1 is 0.531 bits per heavy atom. The van der Waals surface area contributed by atoms with Crippen LogP contribution in [0.4, 0.5) is 5.69 Å². The molecule has 9 aromatic rings. The number of likely N-dealkylation sites (N-methyl/N-ethyl adjacent to an activating group) is 1. The number of rotatable bonds is 8. The lowest BCUT2D eigenvalue weighted by Crippen LogP contribution is -2.32. The second-order valence-electron chi connectivity index (χ2n) is 24.1. The highest BCUT2D eigenvalue weighted by molar-refractivity contribution is 6.03. The van der Waals surface area contributed by atoms with Crippen molar-refractivity contribution in [2.45, 2.75) is 58.9 Å². The lowest BCUT2D eigenvalue weighted by molar-refractivity contribution is 0.112. The van der Waals surface area contributed by atoms with Crippen LogP contribution in [-0.2, 0) is 0 Å². The van der Waals surface area contributed by atoms with Crippen molar-refractivity contribution >= 4 is 17.7 Å². The second kappa shape index (κ2) is 34.4. The van der Waals surface area contributed by atoms with Crippen molar-refractivity contribution in [2.75, 3.05) is 33.1 Å². The SMILES string of the molecule is C.Cc1ccc(C(c2ccc(C#N)cc2)c2ccc(N(C)C)cc2O)c(O)c1.Cc1ccc2c(c1)OC1=CC(=N)C=CC1C2c1ccc(C#N)cc1.Cc1ccc2c(c1)OC1=CC(N(C)C)C=CC1C2c1ccc(C#N)cc1.Cc1cccc(O)c1.N#Cc1ccc(C=O)cc1.[2H][2H].[CH3-].[CH3-]. The Bertz CT molecular complexity index is 4570. The van der Waals surface area contributed by atoms with Gasteiger partial charge in [0, 0.05) is 98.3 Å². The van der Waals surface area contributed by atoms with Crippen LogP contribution in [0.3, 0.4) is 0 Å². The number of benzene rings is 9. The smallest absolute Gasteiger partial charge is 0.150 e. The molecule has 0 aromatic heterocycles. The second-order valence-corrected chi connectivity index (χ2v) is 24.1. The van der Waals surface area contributed by atoms with Gasteiger partial charge in [0.15, 0.2) is 0 Å². The minimum atomic E-state index is -0.352. The number of phenols is 3. The lowest BCUT2D eigenvalue weighted by atomic mass is 9.75. The van der Waals surface area contributed by atoms with Gasteiger partial charge in [-0.15, -0.1) is 0 Å². The number of anilines is 1. The van der Waals surface area contributed by atoms with E-state index in [1.165, 1.54) is 16.7 Å². The molecule has 0 amide bonds. The molecule has 498 valence electrons. The van der Waals surface area contributed by atoms with Gasteiger partial charge in [-0.25, -0.2) is 0 Å². The zero-order valence-electron chi connectivity index (χ0n) is 58.2. The Labute approximate surface area is 581 Å². The molecule has 13 nitrogen and oxygen atoms in total. The first-order valence-electron chi connectivity index (χ1n) is 31.9. The molecule has 6 atom stereocenters. The van der Waals surface area contributed by atoms with E-state index < -0.39 is 0 Å². The normalized spacial score (nSPS) is 16.3. The Morgan fingerprint density at radius 3 is 1.43 bits per heavy atom. The van der Waals surface area contributed by atoms with Crippen LogP contribution in [0.15, 0.2) is 242 Å². The van der Waals surface area contributed by atoms with Crippen LogP contribution in [0.1, 0.15) is 122 Å². The van der Waals surface area contributed by atoms with Crippen molar-refractivity contribution in [3.05, 3.63) is 346 Å². The number of nitrogens with one attached hydrogen (secondary N) is 1. The fraction of sp³-hybridized carbons (Fsp3) is 0.176. The van der Waals surface area contributed by atoms with Gasteiger partial charge in [-0.2, -0.15) is 21.0 Å². The van der Waals surface area contributed by atoms with Crippen LogP contribution in [0.25, 0.3) is 0 Å². The topological polar surface area (TPSA) is 222 Å². The van der Waals surface area contributed by atoms with Gasteiger partial charge in [0.05, 0.1) is 52.2 Å². The molecule has 4 aliphatic rings. The maximum atomic E-state index is 10.7. The lowest BCUT2D eigenvalue weighted by Gasteiger charge is -2.37. The van der Waals surface area contributed by atoms with E-state index in [4.69, 9.17) is 44.0 Å². The molecular weight excluding hydrogens is 1210 g/mol. The number of fused-ring (bicyclic) bond motifs is 4. The van der Waals surface area contributed by atoms with Crippen LogP contribution in [0.5, 0.6) is 28.7 Å². The van der Waals surface area contributed by atoms with E-state index in [1.54, 1.807) is 66.7 Å². The fourth-order valence-corrected chi connectivity index (χ4v) is 11.7. The molecule has 0 saturated heterocycles. The summed E-state index contributed by atoms with van der Waals surface area (Å²) in [6.45, 7) is 8.00. The minimum absolute atomic E-state index is 0. The first-order chi connectivity index (χ1) is 46.8. The monoisotopic (exact) mass is 1300 g/mol. The number of ether oxygens (including phenoxy) is 2. The molecule has 98 heavy (non-hydrogen) atoms. The molecule has 0 spiro atoms. The summed E-state index contributed by atoms with van der Waals surface area (Å²) in [5, 5.41) is 73.6. The number of hydrogen-bond acceptors (Lipinski definition) is 13. The van der Waals surface area contributed by atoms with Gasteiger partial charge in [0.2, 0.25) is 0 Å². The van der Waals surface area contributed by atoms with E-state index >= 15 is 0 Å². The third-order valence-corrected chi connectivity index (χ3v) is 16.8. The van der Waals surface area contributed by atoms with Crippen molar-refractivity contribution in [2.24, 2.45) is 11.8 Å². The molecule has 0 fully saturated rings. The van der Waals surface area contributed by atoms with Crippen LogP contribution in [0, 0.1) is 105 Å². The van der Waals surface area contributed by atoms with E-state index in [-0.39, 0.29) is 69.4 Å². The quantitative estimate of drug-likeness (QED) is 0.0483. The molecule has 4 N–H and O–H groups in total. The molecule has 0 bridgehead atoms. The zero-order valence-corrected chi connectivity index (χ0v) is 56.2. The van der Waals surface area contributed by atoms with Crippen molar-refractivity contribution < 1.29 is 32.6 Å². The van der Waals surface area contributed by atoms with Crippen LogP contribution >= 0.6 is 0 Å². The molecule has 0 radical (unpaired) electrons. The van der Waals surface area contributed by atoms with E-state index in [0.717, 1.165) is 68.4 Å². The molecule has 13 rings (SSSR count). The summed E-state index contributed by atoms with van der Waals surface area (Å²) in [5.74, 6) is 4.51. The molecule has 9 aromatic carbocycles. The predicted molar refractivity (Wildman–Crippen MR) is 395 cm³/mol. The average Bonchev–Trinajstić information content (AvgIpc) is 0.763. The summed E-state index contributed by atoms with van der Waals surface area (Å²) in [5.41, 5.74) is 15.8. The number of allylic oxidation sites excluding steroid dienone is 4. The van der Waals surface area contributed by atoms with Gasteiger partial charge < -0.3 is 50.0 Å². The third kappa shape index (κ3) is 18.3. The van der Waals surface area contributed by atoms with Crippen LogP contribution < -0.4 is 14.4 Å². The first-order valence-corrected chi connectivity index (χ1v) is 30.9. The summed E-state index contributed by atoms with van der Waals surface area (Å²) in [6, 6.07) is 69.0. The summed E-state index contributed by atoms with van der Waals surface area (Å²) in [4.78, 5) is 14.2. The largest absolute Gasteiger partial charge is 0.508 e. The number of aryl methyl sites for hydroxylation is 4. The number of phenolic OH excluding ortho intramolecular Hbond substituents is 3. The maximum Gasteiger partial charge on any atom is 0.150 e. The van der Waals surface area contributed by atoms with E-state index in [0.29, 0.717) is 50.4 Å². The number of aldehydes is 1. The summed E-state index contributed by atoms with van der Waals surface area (Å²) < 4.78 is 22.4. The number of carbonyl (C=O) groups excluding carboxylic acids is 1. The number of hydrogen-bond donors (Lipinski definition) is 4. The zero-order chi connectivity index (χ0) is 69.9. The highest BCUT2D eigenvalue weighted by Gasteiger charge is 2.38. The number of nitrogens with zero attached hydrogens (tertiary/aromatic N) is 6. The highest BCUT2D eigenvalue weighted by Crippen LogP contribution is 2.50. The number of nitriles is 4. The Hall–Kier alpha value is -12.0. The van der Waals surface area contributed by atoms with E-state index in [1.807, 2.05) is 149 Å². The van der Waals surface area contributed by atoms with Gasteiger partial charge in [0.1, 0.15) is 46.6 Å². The minimum Gasteiger partial charge on any atom is -0.508 e. The predicted octanol–water partition coefficient (Wildman–Crippen LogP) is 18.2. The van der Waals surface area contributed by atoms with Gasteiger partial charge in [0.25, 0.3) is 0 Å². The summed E-state index contributed by atoms with van der Waals surface area (Å²) >= 11 is 0. The van der Waals surface area contributed by atoms with Gasteiger partial charge >= 0.3 is 0 Å². The van der Waals surface area contributed by atoms with Crippen LogP contribution in [-0.4, -0.2) is 66.4 Å².